The summed E-state index contributed by atoms with van der Waals surface area (Å²) in [4.78, 5) is 25.4. The van der Waals surface area contributed by atoms with Crippen LogP contribution in [0.25, 0.3) is 5.69 Å². The largest absolute Gasteiger partial charge is 0.490 e. The van der Waals surface area contributed by atoms with E-state index in [4.69, 9.17) is 10.5 Å². The Hall–Kier alpha value is -3.31. The van der Waals surface area contributed by atoms with E-state index in [9.17, 15) is 14.7 Å². The Balaban J connectivity index is 1.58. The molecule has 1 atom stereocenters. The summed E-state index contributed by atoms with van der Waals surface area (Å²) in [7, 11) is 1.65. The van der Waals surface area contributed by atoms with Gasteiger partial charge in [-0.05, 0) is 37.1 Å². The lowest BCUT2D eigenvalue weighted by Gasteiger charge is -2.40. The molecule has 1 aromatic heterocycles. The van der Waals surface area contributed by atoms with Crippen LogP contribution in [0.3, 0.4) is 0 Å². The molecule has 0 radical (unpaired) electrons. The Morgan fingerprint density at radius 3 is 2.73 bits per heavy atom. The molecule has 1 aromatic carbocycles. The average molecular weight is 406 g/mol. The fraction of sp³-hybridized carbons (Fsp3) is 0.409. The van der Waals surface area contributed by atoms with Crippen LogP contribution in [0.4, 0.5) is 0 Å². The average Bonchev–Trinajstić information content (AvgIpc) is 3.21. The molecule has 2 fully saturated rings. The zero-order valence-electron chi connectivity index (χ0n) is 16.6. The predicted octanol–water partition coefficient (Wildman–Crippen LogP) is 0.730. The Bertz CT molecular complexity index is 1140. The monoisotopic (exact) mass is 406 g/mol. The lowest BCUT2D eigenvalue weighted by molar-refractivity contribution is -0.137. The number of amides is 2. The summed E-state index contributed by atoms with van der Waals surface area (Å²) < 4.78 is 7.83. The van der Waals surface area contributed by atoms with Crippen LogP contribution in [0.5, 0.6) is 5.75 Å². The molecule has 1 saturated heterocycles. The first-order valence-electron chi connectivity index (χ1n) is 10.0. The van der Waals surface area contributed by atoms with E-state index in [-0.39, 0.29) is 23.4 Å². The molecule has 1 spiro atoms. The highest BCUT2D eigenvalue weighted by atomic mass is 16.5. The number of likely N-dealkylation sites (tertiary alicyclic amines) is 1. The molecule has 5 rings (SSSR count). The van der Waals surface area contributed by atoms with Crippen LogP contribution in [-0.2, 0) is 10.2 Å². The summed E-state index contributed by atoms with van der Waals surface area (Å²) in [6, 6.07) is 7.15. The molecule has 1 aliphatic carbocycles. The van der Waals surface area contributed by atoms with E-state index in [1.807, 2.05) is 0 Å². The lowest BCUT2D eigenvalue weighted by Crippen LogP contribution is -2.40. The Kier molecular flexibility index (Phi) is 3.95. The van der Waals surface area contributed by atoms with Crippen LogP contribution in [0.2, 0.25) is 0 Å². The van der Waals surface area contributed by atoms with Gasteiger partial charge in [-0.15, -0.1) is 0 Å². The van der Waals surface area contributed by atoms with Gasteiger partial charge in [0, 0.05) is 31.0 Å². The number of benzene rings is 1. The van der Waals surface area contributed by atoms with Crippen molar-refractivity contribution in [2.45, 2.75) is 36.7 Å². The first-order chi connectivity index (χ1) is 14.3. The molecule has 30 heavy (non-hydrogen) atoms. The fourth-order valence-electron chi connectivity index (χ4n) is 4.38. The molecule has 2 aliphatic heterocycles. The summed E-state index contributed by atoms with van der Waals surface area (Å²) in [5, 5.41) is 15.0. The number of hydrogen-bond donors (Lipinski definition) is 2. The first kappa shape index (κ1) is 18.7. The summed E-state index contributed by atoms with van der Waals surface area (Å²) in [5.74, 6) is 5.33. The molecular formula is C22H22N4O4. The van der Waals surface area contributed by atoms with Crippen molar-refractivity contribution >= 4 is 11.8 Å². The predicted molar refractivity (Wildman–Crippen MR) is 107 cm³/mol. The van der Waals surface area contributed by atoms with Crippen molar-refractivity contribution in [3.63, 3.8) is 0 Å². The van der Waals surface area contributed by atoms with Gasteiger partial charge in [0.2, 0.25) is 5.60 Å². The maximum atomic E-state index is 12.2. The highest BCUT2D eigenvalue weighted by Crippen LogP contribution is 2.47. The number of likely N-dealkylation sites (N-methyl/N-ethyl adjacent to an activating group) is 1. The Morgan fingerprint density at radius 1 is 1.30 bits per heavy atom. The van der Waals surface area contributed by atoms with Gasteiger partial charge in [-0.1, -0.05) is 18.3 Å². The van der Waals surface area contributed by atoms with Crippen LogP contribution >= 0.6 is 0 Å². The molecule has 2 aromatic rings. The van der Waals surface area contributed by atoms with Crippen molar-refractivity contribution < 1.29 is 19.4 Å². The van der Waals surface area contributed by atoms with Crippen molar-refractivity contribution in [2.75, 3.05) is 20.2 Å². The molecule has 3 heterocycles. The maximum Gasteiger partial charge on any atom is 0.269 e. The maximum absolute atomic E-state index is 12.2. The van der Waals surface area contributed by atoms with E-state index in [1.54, 1.807) is 36.0 Å². The van der Waals surface area contributed by atoms with E-state index in [0.717, 1.165) is 25.0 Å². The third kappa shape index (κ3) is 2.70. The Labute approximate surface area is 173 Å². The fourth-order valence-corrected chi connectivity index (χ4v) is 4.38. The van der Waals surface area contributed by atoms with Crippen molar-refractivity contribution in [3.8, 4) is 23.3 Å². The summed E-state index contributed by atoms with van der Waals surface area (Å²) in [5.41, 5.74) is 6.05. The normalized spacial score (nSPS) is 23.5. The molecule has 8 nitrogen and oxygen atoms in total. The van der Waals surface area contributed by atoms with Crippen LogP contribution in [0.15, 0.2) is 24.3 Å². The highest BCUT2D eigenvalue weighted by Gasteiger charge is 2.45. The van der Waals surface area contributed by atoms with Crippen LogP contribution in [0, 0.1) is 11.8 Å². The van der Waals surface area contributed by atoms with Gasteiger partial charge >= 0.3 is 0 Å². The standard InChI is InChI=1S/C22H22N4O4/c1-25-10-9-22(29,20(25)28)8-5-14-3-4-17-16(11-14)26-18(12-15(24-26)19(23)27)21(13-30-17)6-2-7-21/h3-4,11-12,29H,2,6-7,9-10,13H2,1H3,(H2,23,27)/t22-/m0/s1. The van der Waals surface area contributed by atoms with Gasteiger partial charge in [0.15, 0.2) is 5.69 Å². The minimum atomic E-state index is -1.66. The summed E-state index contributed by atoms with van der Waals surface area (Å²) in [6.07, 6.45) is 3.28. The molecule has 3 N–H and O–H groups in total. The molecule has 2 amide bonds. The number of rotatable bonds is 1. The highest BCUT2D eigenvalue weighted by molar-refractivity contribution is 5.91. The van der Waals surface area contributed by atoms with Crippen LogP contribution in [0.1, 0.15) is 47.4 Å². The number of aliphatic hydroxyl groups is 1. The number of aromatic nitrogens is 2. The minimum Gasteiger partial charge on any atom is -0.490 e. The van der Waals surface area contributed by atoms with Gasteiger partial charge in [-0.3, -0.25) is 9.59 Å². The molecule has 0 unspecified atom stereocenters. The van der Waals surface area contributed by atoms with E-state index in [1.165, 1.54) is 4.90 Å². The molecule has 0 bridgehead atoms. The van der Waals surface area contributed by atoms with Crippen LogP contribution < -0.4 is 10.5 Å². The number of nitrogens with zero attached hydrogens (tertiary/aromatic N) is 3. The second-order valence-corrected chi connectivity index (χ2v) is 8.38. The van der Waals surface area contributed by atoms with Crippen molar-refractivity contribution in [1.82, 2.24) is 14.7 Å². The topological polar surface area (TPSA) is 111 Å². The number of ether oxygens (including phenoxy) is 1. The summed E-state index contributed by atoms with van der Waals surface area (Å²) in [6.45, 7) is 0.978. The van der Waals surface area contributed by atoms with E-state index in [2.05, 4.69) is 16.9 Å². The second-order valence-electron chi connectivity index (χ2n) is 8.38. The van der Waals surface area contributed by atoms with Gasteiger partial charge in [-0.25, -0.2) is 4.68 Å². The van der Waals surface area contributed by atoms with Crippen molar-refractivity contribution in [3.05, 3.63) is 41.2 Å². The van der Waals surface area contributed by atoms with E-state index < -0.39 is 11.5 Å². The van der Waals surface area contributed by atoms with Crippen molar-refractivity contribution in [1.29, 1.82) is 0 Å². The smallest absolute Gasteiger partial charge is 0.269 e. The van der Waals surface area contributed by atoms with Gasteiger partial charge in [0.05, 0.1) is 12.3 Å². The van der Waals surface area contributed by atoms with Crippen LogP contribution in [-0.4, -0.2) is 57.4 Å². The lowest BCUT2D eigenvalue weighted by atomic mass is 9.67. The van der Waals surface area contributed by atoms with Gasteiger partial charge in [-0.2, -0.15) is 5.10 Å². The molecular weight excluding hydrogens is 384 g/mol. The zero-order valence-corrected chi connectivity index (χ0v) is 16.6. The number of carbonyl (C=O) groups excluding carboxylic acids is 2. The quantitative estimate of drug-likeness (QED) is 0.679. The SMILES string of the molecule is CN1CC[C@@](O)(C#Cc2ccc3c(c2)-n2nc(C(N)=O)cc2C2(CCC2)CO3)C1=O. The molecule has 154 valence electrons. The van der Waals surface area contributed by atoms with E-state index in [0.29, 0.717) is 30.2 Å². The van der Waals surface area contributed by atoms with Gasteiger partial charge < -0.3 is 20.5 Å². The number of carbonyl (C=O) groups is 2. The van der Waals surface area contributed by atoms with Gasteiger partial charge in [0.1, 0.15) is 11.4 Å². The molecule has 1 saturated carbocycles. The zero-order chi connectivity index (χ0) is 21.1. The first-order valence-corrected chi connectivity index (χ1v) is 10.0. The number of fused-ring (bicyclic) bond motifs is 4. The number of nitrogens with two attached hydrogens (primary N) is 1. The second kappa shape index (κ2) is 6.34. The van der Waals surface area contributed by atoms with E-state index >= 15 is 0 Å². The molecule has 8 heteroatoms. The van der Waals surface area contributed by atoms with Gasteiger partial charge in [0.25, 0.3) is 11.8 Å². The minimum absolute atomic E-state index is 0.179. The van der Waals surface area contributed by atoms with Crippen molar-refractivity contribution in [2.24, 2.45) is 5.73 Å². The third-order valence-electron chi connectivity index (χ3n) is 6.43. The Morgan fingerprint density at radius 2 is 2.10 bits per heavy atom. The third-order valence-corrected chi connectivity index (χ3v) is 6.43. The number of primary amides is 1. The molecule has 3 aliphatic rings. The number of hydrogen-bond acceptors (Lipinski definition) is 5. The summed E-state index contributed by atoms with van der Waals surface area (Å²) >= 11 is 0.